The Morgan fingerprint density at radius 1 is 1.25 bits per heavy atom. The first-order valence-electron chi connectivity index (χ1n) is 6.61. The second kappa shape index (κ2) is 5.25. The van der Waals surface area contributed by atoms with E-state index in [-0.39, 0.29) is 17.2 Å². The number of fused-ring (bicyclic) bond motifs is 1. The van der Waals surface area contributed by atoms with Crippen LogP contribution >= 0.6 is 0 Å². The maximum Gasteiger partial charge on any atom is 0.263 e. The van der Waals surface area contributed by atoms with Crippen LogP contribution < -0.4 is 5.73 Å². The zero-order chi connectivity index (χ0) is 14.9. The van der Waals surface area contributed by atoms with Gasteiger partial charge in [-0.3, -0.25) is 14.5 Å². The minimum atomic E-state index is -0.298. The third-order valence-electron chi connectivity index (χ3n) is 3.60. The summed E-state index contributed by atoms with van der Waals surface area (Å²) in [5.74, 6) is -0.559. The van der Waals surface area contributed by atoms with Crippen molar-refractivity contribution in [2.45, 2.75) is 20.3 Å². The molecule has 0 saturated carbocycles. The van der Waals surface area contributed by atoms with E-state index < -0.39 is 0 Å². The highest BCUT2D eigenvalue weighted by atomic mass is 16.5. The zero-order valence-electron chi connectivity index (χ0n) is 12.1. The number of ether oxygens (including phenoxy) is 1. The number of hydrogen-bond donors (Lipinski definition) is 1. The molecular weight excluding hydrogens is 256 g/mol. The van der Waals surface area contributed by atoms with Gasteiger partial charge in [0, 0.05) is 25.9 Å². The summed E-state index contributed by atoms with van der Waals surface area (Å²) in [6, 6.07) is 4.98. The number of methoxy groups -OCH3 is 1. The number of imide groups is 1. The number of benzene rings is 1. The zero-order valence-corrected chi connectivity index (χ0v) is 12.1. The summed E-state index contributed by atoms with van der Waals surface area (Å²) in [7, 11) is 1.64. The van der Waals surface area contributed by atoms with E-state index in [1.165, 1.54) is 4.90 Å². The number of carbonyl (C=O) groups is 2. The first-order valence-corrected chi connectivity index (χ1v) is 6.61. The molecule has 0 saturated heterocycles. The molecule has 1 aliphatic rings. The Labute approximate surface area is 118 Å². The van der Waals surface area contributed by atoms with Gasteiger partial charge in [0.15, 0.2) is 0 Å². The molecule has 1 aromatic carbocycles. The van der Waals surface area contributed by atoms with Crippen LogP contribution in [0.5, 0.6) is 0 Å². The molecule has 0 atom stereocenters. The van der Waals surface area contributed by atoms with Crippen LogP contribution in [0.4, 0.5) is 5.69 Å². The number of nitrogen functional groups attached to an aromatic ring is 1. The third kappa shape index (κ3) is 2.54. The summed E-state index contributed by atoms with van der Waals surface area (Å²) in [5.41, 5.74) is 6.71. The molecule has 2 amide bonds. The lowest BCUT2D eigenvalue weighted by molar-refractivity contribution is 0.0557. The molecule has 0 radical (unpaired) electrons. The van der Waals surface area contributed by atoms with Crippen molar-refractivity contribution < 1.29 is 14.3 Å². The van der Waals surface area contributed by atoms with Crippen LogP contribution in [0.3, 0.4) is 0 Å². The molecule has 1 aromatic rings. The maximum absolute atomic E-state index is 12.4. The SMILES string of the molecule is COCCC(C)(C)CN1C(=O)c2cccc(N)c2C1=O. The lowest BCUT2D eigenvalue weighted by Gasteiger charge is -2.28. The average molecular weight is 276 g/mol. The number of hydrogen-bond acceptors (Lipinski definition) is 4. The van der Waals surface area contributed by atoms with Gasteiger partial charge in [0.05, 0.1) is 11.1 Å². The predicted molar refractivity (Wildman–Crippen MR) is 76.5 cm³/mol. The van der Waals surface area contributed by atoms with Crippen LogP contribution in [-0.2, 0) is 4.74 Å². The number of amides is 2. The predicted octanol–water partition coefficient (Wildman–Crippen LogP) is 1.93. The Morgan fingerprint density at radius 2 is 1.95 bits per heavy atom. The van der Waals surface area contributed by atoms with Gasteiger partial charge in [0.2, 0.25) is 0 Å². The monoisotopic (exact) mass is 276 g/mol. The van der Waals surface area contributed by atoms with Crippen molar-refractivity contribution >= 4 is 17.5 Å². The fraction of sp³-hybridized carbons (Fsp3) is 0.467. The Hall–Kier alpha value is -1.88. The highest BCUT2D eigenvalue weighted by Crippen LogP contribution is 2.31. The summed E-state index contributed by atoms with van der Waals surface area (Å²) in [4.78, 5) is 26.0. The van der Waals surface area contributed by atoms with Crippen molar-refractivity contribution in [1.82, 2.24) is 4.90 Å². The van der Waals surface area contributed by atoms with Crippen molar-refractivity contribution in [3.05, 3.63) is 29.3 Å². The molecule has 0 spiro atoms. The summed E-state index contributed by atoms with van der Waals surface area (Å²) in [6.07, 6.45) is 0.770. The summed E-state index contributed by atoms with van der Waals surface area (Å²) in [6.45, 7) is 4.98. The van der Waals surface area contributed by atoms with Gasteiger partial charge in [-0.15, -0.1) is 0 Å². The van der Waals surface area contributed by atoms with Crippen LogP contribution in [0.15, 0.2) is 18.2 Å². The van der Waals surface area contributed by atoms with Crippen LogP contribution in [0.2, 0.25) is 0 Å². The van der Waals surface area contributed by atoms with Crippen LogP contribution in [0.25, 0.3) is 0 Å². The lowest BCUT2D eigenvalue weighted by Crippen LogP contribution is -2.38. The topological polar surface area (TPSA) is 72.6 Å². The molecule has 1 aliphatic heterocycles. The fourth-order valence-corrected chi connectivity index (χ4v) is 2.39. The van der Waals surface area contributed by atoms with Crippen molar-refractivity contribution in [1.29, 1.82) is 0 Å². The van der Waals surface area contributed by atoms with Gasteiger partial charge in [-0.1, -0.05) is 19.9 Å². The van der Waals surface area contributed by atoms with Gasteiger partial charge < -0.3 is 10.5 Å². The first kappa shape index (κ1) is 14.5. The van der Waals surface area contributed by atoms with Crippen LogP contribution in [0, 0.1) is 5.41 Å². The Morgan fingerprint density at radius 3 is 2.55 bits per heavy atom. The summed E-state index contributed by atoms with van der Waals surface area (Å²) in [5, 5.41) is 0. The molecule has 108 valence electrons. The van der Waals surface area contributed by atoms with Gasteiger partial charge in [0.25, 0.3) is 11.8 Å². The van der Waals surface area contributed by atoms with E-state index in [0.29, 0.717) is 30.0 Å². The van der Waals surface area contributed by atoms with E-state index in [4.69, 9.17) is 10.5 Å². The molecule has 5 heteroatoms. The van der Waals surface area contributed by atoms with E-state index in [9.17, 15) is 9.59 Å². The minimum Gasteiger partial charge on any atom is -0.398 e. The van der Waals surface area contributed by atoms with E-state index in [1.54, 1.807) is 25.3 Å². The lowest BCUT2D eigenvalue weighted by atomic mass is 9.89. The molecule has 0 aliphatic carbocycles. The molecule has 0 aromatic heterocycles. The molecule has 2 rings (SSSR count). The van der Waals surface area contributed by atoms with Gasteiger partial charge >= 0.3 is 0 Å². The normalized spacial score (nSPS) is 14.8. The molecule has 0 bridgehead atoms. The van der Waals surface area contributed by atoms with Crippen molar-refractivity contribution in [3.8, 4) is 0 Å². The van der Waals surface area contributed by atoms with E-state index in [2.05, 4.69) is 0 Å². The Balaban J connectivity index is 2.23. The van der Waals surface area contributed by atoms with Crippen LogP contribution in [-0.4, -0.2) is 37.0 Å². The fourth-order valence-electron chi connectivity index (χ4n) is 2.39. The van der Waals surface area contributed by atoms with Crippen LogP contribution in [0.1, 0.15) is 41.0 Å². The van der Waals surface area contributed by atoms with E-state index in [1.807, 2.05) is 13.8 Å². The molecular formula is C15H20N2O3. The van der Waals surface area contributed by atoms with Gasteiger partial charge in [0.1, 0.15) is 0 Å². The van der Waals surface area contributed by atoms with Crippen molar-refractivity contribution in [2.75, 3.05) is 26.0 Å². The van der Waals surface area contributed by atoms with E-state index in [0.717, 1.165) is 6.42 Å². The van der Waals surface area contributed by atoms with Gasteiger partial charge in [-0.05, 0) is 24.0 Å². The number of rotatable bonds is 5. The maximum atomic E-state index is 12.4. The van der Waals surface area contributed by atoms with Gasteiger partial charge in [-0.25, -0.2) is 0 Å². The molecule has 5 nitrogen and oxygen atoms in total. The second-order valence-corrected chi connectivity index (χ2v) is 5.87. The largest absolute Gasteiger partial charge is 0.398 e. The molecule has 0 fully saturated rings. The molecule has 20 heavy (non-hydrogen) atoms. The molecule has 2 N–H and O–H groups in total. The minimum absolute atomic E-state index is 0.196. The standard InChI is InChI=1S/C15H20N2O3/c1-15(2,7-8-20-3)9-17-13(18)10-5-4-6-11(16)12(10)14(17)19/h4-6H,7-9,16H2,1-3H3. The Kier molecular flexibility index (Phi) is 3.81. The first-order chi connectivity index (χ1) is 9.37. The second-order valence-electron chi connectivity index (χ2n) is 5.87. The Bertz CT molecular complexity index is 552. The number of carbonyl (C=O) groups excluding carboxylic acids is 2. The quantitative estimate of drug-likeness (QED) is 0.659. The highest BCUT2D eigenvalue weighted by Gasteiger charge is 2.39. The van der Waals surface area contributed by atoms with Gasteiger partial charge in [-0.2, -0.15) is 0 Å². The molecule has 1 heterocycles. The molecule has 0 unspecified atom stereocenters. The number of nitrogens with zero attached hydrogens (tertiary/aromatic N) is 1. The van der Waals surface area contributed by atoms with Crippen molar-refractivity contribution in [3.63, 3.8) is 0 Å². The summed E-state index contributed by atoms with van der Waals surface area (Å²) >= 11 is 0. The average Bonchev–Trinajstić information content (AvgIpc) is 2.63. The highest BCUT2D eigenvalue weighted by molar-refractivity contribution is 6.23. The van der Waals surface area contributed by atoms with E-state index >= 15 is 0 Å². The smallest absolute Gasteiger partial charge is 0.263 e. The number of nitrogens with two attached hydrogens (primary N) is 1. The van der Waals surface area contributed by atoms with Crippen molar-refractivity contribution in [2.24, 2.45) is 5.41 Å². The summed E-state index contributed by atoms with van der Waals surface area (Å²) < 4.78 is 5.07. The third-order valence-corrected chi connectivity index (χ3v) is 3.60. The number of anilines is 1.